The number of carbonyl (C=O) groups excluding carboxylic acids is 1. The zero-order valence-corrected chi connectivity index (χ0v) is 20.9. The fourth-order valence-corrected chi connectivity index (χ4v) is 3.12. The summed E-state index contributed by atoms with van der Waals surface area (Å²) in [6.07, 6.45) is 15.5. The molecule has 7 nitrogen and oxygen atoms in total. The van der Waals surface area contributed by atoms with Crippen molar-refractivity contribution in [3.63, 3.8) is 0 Å². The molecule has 0 bridgehead atoms. The summed E-state index contributed by atoms with van der Waals surface area (Å²) >= 11 is 0. The highest BCUT2D eigenvalue weighted by molar-refractivity contribution is 5.83. The zero-order valence-electron chi connectivity index (χ0n) is 20.9. The Labute approximate surface area is 196 Å². The number of amides is 1. The van der Waals surface area contributed by atoms with Crippen molar-refractivity contribution in [2.75, 3.05) is 13.1 Å². The second-order valence-electron chi connectivity index (χ2n) is 8.43. The number of hydrogen-bond acceptors (Lipinski definition) is 4. The van der Waals surface area contributed by atoms with Crippen molar-refractivity contribution in [1.82, 2.24) is 10.6 Å². The van der Waals surface area contributed by atoms with Crippen LogP contribution in [0.1, 0.15) is 124 Å². The van der Waals surface area contributed by atoms with Crippen molar-refractivity contribution in [2.24, 2.45) is 0 Å². The van der Waals surface area contributed by atoms with Gasteiger partial charge in [0.15, 0.2) is 0 Å². The van der Waals surface area contributed by atoms with E-state index < -0.39 is 18.0 Å². The number of unbranched alkanes of at least 4 members (excludes halogenated alkanes) is 10. The van der Waals surface area contributed by atoms with Crippen LogP contribution < -0.4 is 10.6 Å². The third-order valence-electron chi connectivity index (χ3n) is 5.20. The van der Waals surface area contributed by atoms with Gasteiger partial charge in [0.1, 0.15) is 6.04 Å². The van der Waals surface area contributed by atoms with Crippen molar-refractivity contribution in [2.45, 2.75) is 130 Å². The van der Waals surface area contributed by atoms with Gasteiger partial charge in [-0.15, -0.1) is 0 Å². The van der Waals surface area contributed by atoms with Crippen molar-refractivity contribution in [1.29, 1.82) is 0 Å². The first kappa shape index (κ1) is 32.5. The molecule has 0 aromatic carbocycles. The maximum atomic E-state index is 11.7. The van der Waals surface area contributed by atoms with E-state index in [1.807, 2.05) is 0 Å². The molecular weight excluding hydrogens is 408 g/mol. The number of carboxylic acid groups (broad SMARTS) is 2. The zero-order chi connectivity index (χ0) is 24.5. The van der Waals surface area contributed by atoms with E-state index in [4.69, 9.17) is 10.2 Å². The number of carbonyl (C=O) groups is 3. The molecule has 0 aliphatic carbocycles. The highest BCUT2D eigenvalue weighted by Crippen LogP contribution is 2.10. The fourth-order valence-electron chi connectivity index (χ4n) is 3.12. The van der Waals surface area contributed by atoms with Crippen LogP contribution in [0.5, 0.6) is 0 Å². The maximum Gasteiger partial charge on any atom is 0.326 e. The first-order valence-corrected chi connectivity index (χ1v) is 12.8. The molecule has 7 heteroatoms. The van der Waals surface area contributed by atoms with E-state index in [-0.39, 0.29) is 18.7 Å². The SMILES string of the molecule is CCCCCCCCCCCC(=O)N[C@@H](CCC(=O)O)C(=O)O.CCCCNCCCC. The number of rotatable bonds is 21. The van der Waals surface area contributed by atoms with Gasteiger partial charge in [-0.1, -0.05) is 85.0 Å². The van der Waals surface area contributed by atoms with Gasteiger partial charge in [-0.2, -0.15) is 0 Å². The molecule has 0 saturated heterocycles. The molecule has 0 fully saturated rings. The molecule has 190 valence electrons. The van der Waals surface area contributed by atoms with Crippen molar-refractivity contribution < 1.29 is 24.6 Å². The second-order valence-corrected chi connectivity index (χ2v) is 8.43. The average molecular weight is 459 g/mol. The average Bonchev–Trinajstić information content (AvgIpc) is 2.75. The number of hydrogen-bond donors (Lipinski definition) is 4. The van der Waals surface area contributed by atoms with Gasteiger partial charge in [-0.3, -0.25) is 9.59 Å². The second kappa shape index (κ2) is 25.6. The highest BCUT2D eigenvalue weighted by Gasteiger charge is 2.20. The van der Waals surface area contributed by atoms with Gasteiger partial charge in [0.05, 0.1) is 0 Å². The summed E-state index contributed by atoms with van der Waals surface area (Å²) in [4.78, 5) is 33.1. The standard InChI is InChI=1S/C17H31NO5.C8H19N/c1-2-3-4-5-6-7-8-9-10-11-15(19)18-14(17(22)23)12-13-16(20)21;1-3-5-7-9-8-6-4-2/h14H,2-13H2,1H3,(H,18,19)(H,20,21)(H,22,23);9H,3-8H2,1-2H3/t14-;/m0./s1. The predicted molar refractivity (Wildman–Crippen MR) is 131 cm³/mol. The lowest BCUT2D eigenvalue weighted by atomic mass is 10.1. The van der Waals surface area contributed by atoms with E-state index in [2.05, 4.69) is 31.4 Å². The summed E-state index contributed by atoms with van der Waals surface area (Å²) in [5.41, 5.74) is 0. The predicted octanol–water partition coefficient (Wildman–Crippen LogP) is 5.52. The fraction of sp³-hybridized carbons (Fsp3) is 0.880. The lowest BCUT2D eigenvalue weighted by molar-refractivity contribution is -0.143. The van der Waals surface area contributed by atoms with Crippen LogP contribution in [0, 0.1) is 0 Å². The maximum absolute atomic E-state index is 11.7. The minimum atomic E-state index is -1.19. The van der Waals surface area contributed by atoms with Gasteiger partial charge in [-0.25, -0.2) is 4.79 Å². The van der Waals surface area contributed by atoms with Gasteiger partial charge in [0.2, 0.25) is 5.91 Å². The molecule has 0 aliphatic heterocycles. The van der Waals surface area contributed by atoms with E-state index in [1.165, 1.54) is 77.3 Å². The largest absolute Gasteiger partial charge is 0.481 e. The summed E-state index contributed by atoms with van der Waals surface area (Å²) in [5.74, 6) is -2.57. The Bertz CT molecular complexity index is 452. The van der Waals surface area contributed by atoms with E-state index in [1.54, 1.807) is 0 Å². The van der Waals surface area contributed by atoms with Crippen LogP contribution in [-0.2, 0) is 14.4 Å². The lowest BCUT2D eigenvalue weighted by Gasteiger charge is -2.13. The highest BCUT2D eigenvalue weighted by atomic mass is 16.4. The number of carboxylic acids is 2. The van der Waals surface area contributed by atoms with Crippen LogP contribution in [0.15, 0.2) is 0 Å². The first-order chi connectivity index (χ1) is 15.4. The van der Waals surface area contributed by atoms with E-state index in [9.17, 15) is 14.4 Å². The van der Waals surface area contributed by atoms with Crippen LogP contribution >= 0.6 is 0 Å². The topological polar surface area (TPSA) is 116 Å². The summed E-state index contributed by atoms with van der Waals surface area (Å²) in [5, 5.41) is 23.3. The van der Waals surface area contributed by atoms with Crippen LogP contribution in [0.25, 0.3) is 0 Å². The molecule has 1 amide bonds. The van der Waals surface area contributed by atoms with E-state index >= 15 is 0 Å². The molecule has 0 rings (SSSR count). The Hall–Kier alpha value is -1.63. The van der Waals surface area contributed by atoms with Gasteiger partial charge >= 0.3 is 11.9 Å². The van der Waals surface area contributed by atoms with Gasteiger partial charge in [0, 0.05) is 12.8 Å². The summed E-state index contributed by atoms with van der Waals surface area (Å²) in [7, 11) is 0. The Kier molecular flexibility index (Phi) is 26.1. The minimum Gasteiger partial charge on any atom is -0.481 e. The number of nitrogens with one attached hydrogen (secondary N) is 2. The van der Waals surface area contributed by atoms with E-state index in [0.717, 1.165) is 19.3 Å². The van der Waals surface area contributed by atoms with E-state index in [0.29, 0.717) is 6.42 Å². The monoisotopic (exact) mass is 458 g/mol. The van der Waals surface area contributed by atoms with Crippen LogP contribution in [0.3, 0.4) is 0 Å². The number of aliphatic carboxylic acids is 2. The van der Waals surface area contributed by atoms with Crippen LogP contribution in [0.2, 0.25) is 0 Å². The quantitative estimate of drug-likeness (QED) is 0.168. The molecule has 4 N–H and O–H groups in total. The van der Waals surface area contributed by atoms with Gasteiger partial charge in [-0.05, 0) is 38.8 Å². The molecule has 1 atom stereocenters. The third-order valence-corrected chi connectivity index (χ3v) is 5.20. The third kappa shape index (κ3) is 26.4. The minimum absolute atomic E-state index is 0.0891. The molecule has 0 aromatic heterocycles. The van der Waals surface area contributed by atoms with Crippen molar-refractivity contribution in [3.8, 4) is 0 Å². The van der Waals surface area contributed by atoms with Crippen molar-refractivity contribution >= 4 is 17.8 Å². The molecule has 0 aliphatic rings. The Balaban J connectivity index is 0. The summed E-state index contributed by atoms with van der Waals surface area (Å²) in [6.45, 7) is 9.05. The summed E-state index contributed by atoms with van der Waals surface area (Å²) < 4.78 is 0. The smallest absolute Gasteiger partial charge is 0.326 e. The molecule has 0 unspecified atom stereocenters. The van der Waals surface area contributed by atoms with Crippen molar-refractivity contribution in [3.05, 3.63) is 0 Å². The molecule has 0 radical (unpaired) electrons. The van der Waals surface area contributed by atoms with Gasteiger partial charge in [0.25, 0.3) is 0 Å². The Morgan fingerprint density at radius 3 is 1.56 bits per heavy atom. The molecule has 0 spiro atoms. The molecule has 0 heterocycles. The molecular formula is C25H50N2O5. The molecule has 0 saturated carbocycles. The molecule has 0 aromatic rings. The Morgan fingerprint density at radius 2 is 1.12 bits per heavy atom. The first-order valence-electron chi connectivity index (χ1n) is 12.8. The Morgan fingerprint density at radius 1 is 0.656 bits per heavy atom. The lowest BCUT2D eigenvalue weighted by Crippen LogP contribution is -2.41. The molecule has 32 heavy (non-hydrogen) atoms. The van der Waals surface area contributed by atoms with Crippen LogP contribution in [0.4, 0.5) is 0 Å². The van der Waals surface area contributed by atoms with Crippen LogP contribution in [-0.4, -0.2) is 47.2 Å². The normalized spacial score (nSPS) is 11.3. The van der Waals surface area contributed by atoms with Gasteiger partial charge < -0.3 is 20.8 Å². The summed E-state index contributed by atoms with van der Waals surface area (Å²) in [6, 6.07) is -1.11.